The van der Waals surface area contributed by atoms with Gasteiger partial charge in [-0.3, -0.25) is 0 Å². The fourth-order valence-corrected chi connectivity index (χ4v) is 5.25. The maximum atomic E-state index is 14.4. The molecule has 0 nitrogen and oxygen atoms in total. The van der Waals surface area contributed by atoms with Gasteiger partial charge in [0.25, 0.3) is 0 Å². The normalized spacial score (nSPS) is 20.9. The van der Waals surface area contributed by atoms with Crippen molar-refractivity contribution < 1.29 is 8.78 Å². The second-order valence-corrected chi connectivity index (χ2v) is 8.81. The molecule has 0 saturated heterocycles. The lowest BCUT2D eigenvalue weighted by Crippen LogP contribution is -2.37. The SMILES string of the molecule is CCCCCC1CCCCC1(C#Cc1ccc(F)cc1F)c1cccc2ccccc12. The number of hydrogen-bond acceptors (Lipinski definition) is 0. The highest BCUT2D eigenvalue weighted by Crippen LogP contribution is 2.48. The van der Waals surface area contributed by atoms with Gasteiger partial charge in [0.15, 0.2) is 0 Å². The molecule has 1 aliphatic carbocycles. The van der Waals surface area contributed by atoms with Crippen LogP contribution in [0.3, 0.4) is 0 Å². The second kappa shape index (κ2) is 9.65. The predicted molar refractivity (Wildman–Crippen MR) is 125 cm³/mol. The molecule has 0 amide bonds. The van der Waals surface area contributed by atoms with Gasteiger partial charge in [0, 0.05) is 6.07 Å². The number of benzene rings is 3. The summed E-state index contributed by atoms with van der Waals surface area (Å²) >= 11 is 0. The Morgan fingerprint density at radius 3 is 2.65 bits per heavy atom. The molecule has 31 heavy (non-hydrogen) atoms. The molecule has 2 atom stereocenters. The Labute approximate surface area is 184 Å². The van der Waals surface area contributed by atoms with Gasteiger partial charge < -0.3 is 0 Å². The maximum absolute atomic E-state index is 14.4. The molecule has 1 saturated carbocycles. The quantitative estimate of drug-likeness (QED) is 0.291. The first-order chi connectivity index (χ1) is 15.1. The van der Waals surface area contributed by atoms with Crippen LogP contribution in [0.1, 0.15) is 69.4 Å². The van der Waals surface area contributed by atoms with Crippen molar-refractivity contribution >= 4 is 10.8 Å². The van der Waals surface area contributed by atoms with Crippen LogP contribution in [0.25, 0.3) is 10.8 Å². The van der Waals surface area contributed by atoms with E-state index in [1.165, 1.54) is 54.2 Å². The van der Waals surface area contributed by atoms with Crippen LogP contribution < -0.4 is 0 Å². The van der Waals surface area contributed by atoms with Crippen molar-refractivity contribution in [2.45, 2.75) is 63.7 Å². The monoisotopic (exact) mass is 416 g/mol. The lowest BCUT2D eigenvalue weighted by Gasteiger charge is -2.42. The van der Waals surface area contributed by atoms with Crippen LogP contribution >= 0.6 is 0 Å². The fourth-order valence-electron chi connectivity index (χ4n) is 5.25. The Hall–Kier alpha value is -2.66. The van der Waals surface area contributed by atoms with Crippen molar-refractivity contribution in [2.24, 2.45) is 5.92 Å². The van der Waals surface area contributed by atoms with Gasteiger partial charge in [-0.15, -0.1) is 0 Å². The van der Waals surface area contributed by atoms with E-state index in [-0.39, 0.29) is 11.0 Å². The average Bonchev–Trinajstić information content (AvgIpc) is 2.79. The molecule has 2 heteroatoms. The zero-order chi connectivity index (χ0) is 21.7. The van der Waals surface area contributed by atoms with Crippen molar-refractivity contribution in [1.82, 2.24) is 0 Å². The van der Waals surface area contributed by atoms with Crippen molar-refractivity contribution in [3.8, 4) is 11.8 Å². The summed E-state index contributed by atoms with van der Waals surface area (Å²) in [4.78, 5) is 0. The molecule has 0 bridgehead atoms. The first-order valence-corrected chi connectivity index (χ1v) is 11.6. The maximum Gasteiger partial charge on any atom is 0.141 e. The largest absolute Gasteiger partial charge is 0.207 e. The van der Waals surface area contributed by atoms with Gasteiger partial charge in [0.05, 0.1) is 11.0 Å². The highest BCUT2D eigenvalue weighted by Gasteiger charge is 2.41. The topological polar surface area (TPSA) is 0 Å². The highest BCUT2D eigenvalue weighted by molar-refractivity contribution is 5.87. The molecule has 3 aromatic carbocycles. The van der Waals surface area contributed by atoms with E-state index in [0.717, 1.165) is 31.7 Å². The van der Waals surface area contributed by atoms with E-state index in [9.17, 15) is 8.78 Å². The van der Waals surface area contributed by atoms with Gasteiger partial charge in [0.1, 0.15) is 11.6 Å². The summed E-state index contributed by atoms with van der Waals surface area (Å²) in [5, 5.41) is 2.45. The summed E-state index contributed by atoms with van der Waals surface area (Å²) in [6, 6.07) is 18.6. The first-order valence-electron chi connectivity index (χ1n) is 11.6. The van der Waals surface area contributed by atoms with Crippen LogP contribution in [0.5, 0.6) is 0 Å². The zero-order valence-electron chi connectivity index (χ0n) is 18.3. The predicted octanol–water partition coefficient (Wildman–Crippen LogP) is 8.18. The number of halogens is 2. The Kier molecular flexibility index (Phi) is 6.71. The van der Waals surface area contributed by atoms with Gasteiger partial charge in [-0.05, 0) is 53.6 Å². The third-order valence-corrected chi connectivity index (χ3v) is 6.85. The molecular weight excluding hydrogens is 386 g/mol. The van der Waals surface area contributed by atoms with Crippen molar-refractivity contribution in [2.75, 3.05) is 0 Å². The lowest BCUT2D eigenvalue weighted by molar-refractivity contribution is 0.226. The average molecular weight is 417 g/mol. The minimum Gasteiger partial charge on any atom is -0.207 e. The first kappa shape index (κ1) is 21.6. The smallest absolute Gasteiger partial charge is 0.141 e. The third kappa shape index (κ3) is 4.52. The number of unbranched alkanes of at least 4 members (excludes halogenated alkanes) is 2. The van der Waals surface area contributed by atoms with Crippen LogP contribution in [-0.4, -0.2) is 0 Å². The van der Waals surface area contributed by atoms with Crippen LogP contribution in [0.4, 0.5) is 8.78 Å². The van der Waals surface area contributed by atoms with E-state index in [1.54, 1.807) is 0 Å². The molecule has 0 radical (unpaired) electrons. The van der Waals surface area contributed by atoms with Crippen molar-refractivity contribution in [1.29, 1.82) is 0 Å². The van der Waals surface area contributed by atoms with E-state index < -0.39 is 11.6 Å². The molecule has 0 aromatic heterocycles. The van der Waals surface area contributed by atoms with Crippen LogP contribution in [-0.2, 0) is 5.41 Å². The molecule has 0 spiro atoms. The van der Waals surface area contributed by atoms with E-state index in [0.29, 0.717) is 5.92 Å². The summed E-state index contributed by atoms with van der Waals surface area (Å²) < 4.78 is 27.8. The van der Waals surface area contributed by atoms with E-state index in [4.69, 9.17) is 0 Å². The van der Waals surface area contributed by atoms with Gasteiger partial charge in [-0.1, -0.05) is 93.3 Å². The van der Waals surface area contributed by atoms with Gasteiger partial charge in [-0.25, -0.2) is 8.78 Å². The standard InChI is InChI=1S/C29H30F2/c1-2-3-4-12-24-13-7-8-19-29(24,20-18-23-16-17-25(30)21-28(23)31)27-15-9-11-22-10-5-6-14-26(22)27/h5-6,9-11,14-17,21,24H,2-4,7-8,12-13,19H2,1H3. The molecule has 0 aliphatic heterocycles. The molecule has 0 N–H and O–H groups in total. The van der Waals surface area contributed by atoms with E-state index in [1.807, 2.05) is 0 Å². The third-order valence-electron chi connectivity index (χ3n) is 6.85. The molecule has 160 valence electrons. The highest BCUT2D eigenvalue weighted by atomic mass is 19.1. The Bertz CT molecular complexity index is 1100. The molecule has 1 aliphatic rings. The summed E-state index contributed by atoms with van der Waals surface area (Å²) in [5.41, 5.74) is 1.23. The number of rotatable bonds is 5. The van der Waals surface area contributed by atoms with Crippen LogP contribution in [0.2, 0.25) is 0 Å². The minimum absolute atomic E-state index is 0.277. The van der Waals surface area contributed by atoms with Gasteiger partial charge in [0.2, 0.25) is 0 Å². The Morgan fingerprint density at radius 1 is 0.968 bits per heavy atom. The van der Waals surface area contributed by atoms with E-state index in [2.05, 4.69) is 61.2 Å². The molecule has 3 aromatic rings. The summed E-state index contributed by atoms with van der Waals surface area (Å²) in [7, 11) is 0. The Balaban J connectivity index is 1.87. The van der Waals surface area contributed by atoms with Gasteiger partial charge in [-0.2, -0.15) is 0 Å². The fraction of sp³-hybridized carbons (Fsp3) is 0.379. The van der Waals surface area contributed by atoms with Crippen molar-refractivity contribution in [3.63, 3.8) is 0 Å². The summed E-state index contributed by atoms with van der Waals surface area (Å²) in [6.07, 6.45) is 9.21. The van der Waals surface area contributed by atoms with Gasteiger partial charge >= 0.3 is 0 Å². The summed E-state index contributed by atoms with van der Waals surface area (Å²) in [5.74, 6) is 6.01. The minimum atomic E-state index is -0.584. The Morgan fingerprint density at radius 2 is 1.81 bits per heavy atom. The molecule has 4 rings (SSSR count). The van der Waals surface area contributed by atoms with Crippen LogP contribution in [0.15, 0.2) is 60.7 Å². The number of fused-ring (bicyclic) bond motifs is 1. The van der Waals surface area contributed by atoms with E-state index >= 15 is 0 Å². The molecule has 1 fully saturated rings. The zero-order valence-corrected chi connectivity index (χ0v) is 18.3. The second-order valence-electron chi connectivity index (χ2n) is 8.81. The van der Waals surface area contributed by atoms with Crippen LogP contribution in [0, 0.1) is 29.4 Å². The summed E-state index contributed by atoms with van der Waals surface area (Å²) in [6.45, 7) is 2.23. The molecule has 0 heterocycles. The number of hydrogen-bond donors (Lipinski definition) is 0. The lowest BCUT2D eigenvalue weighted by atomic mass is 9.60. The molecule has 2 unspecified atom stereocenters. The molecular formula is C29H30F2. The van der Waals surface area contributed by atoms with Crippen molar-refractivity contribution in [3.05, 3.63) is 83.4 Å².